The molecule has 0 saturated carbocycles. The SMILES string of the molecule is CCC(NC(=O)O)C(C)NC(=O)O. The van der Waals surface area contributed by atoms with Gasteiger partial charge in [-0.15, -0.1) is 0 Å². The molecule has 0 aromatic heterocycles. The van der Waals surface area contributed by atoms with Crippen LogP contribution in [-0.4, -0.2) is 34.5 Å². The maximum atomic E-state index is 10.3. The van der Waals surface area contributed by atoms with Crippen molar-refractivity contribution in [3.05, 3.63) is 0 Å². The molecule has 2 unspecified atom stereocenters. The highest BCUT2D eigenvalue weighted by Crippen LogP contribution is 1.97. The second-order valence-corrected chi connectivity index (χ2v) is 2.70. The lowest BCUT2D eigenvalue weighted by atomic mass is 10.1. The highest BCUT2D eigenvalue weighted by molar-refractivity contribution is 5.66. The fraction of sp³-hybridized carbons (Fsp3) is 0.714. The van der Waals surface area contributed by atoms with E-state index in [-0.39, 0.29) is 0 Å². The molecule has 4 N–H and O–H groups in total. The van der Waals surface area contributed by atoms with Crippen molar-refractivity contribution in [2.24, 2.45) is 0 Å². The molecule has 2 amide bonds. The van der Waals surface area contributed by atoms with Crippen LogP contribution in [0, 0.1) is 0 Å². The molecule has 0 rings (SSSR count). The first kappa shape index (κ1) is 11.5. The van der Waals surface area contributed by atoms with Gasteiger partial charge in [-0.3, -0.25) is 0 Å². The summed E-state index contributed by atoms with van der Waals surface area (Å²) in [5.74, 6) is 0. The van der Waals surface area contributed by atoms with Crippen LogP contribution in [0.1, 0.15) is 20.3 Å². The Hall–Kier alpha value is -1.46. The quantitative estimate of drug-likeness (QED) is 0.524. The van der Waals surface area contributed by atoms with E-state index in [0.29, 0.717) is 6.42 Å². The molecule has 0 fully saturated rings. The molecule has 0 radical (unpaired) electrons. The molecule has 0 bridgehead atoms. The molecule has 6 nitrogen and oxygen atoms in total. The third kappa shape index (κ3) is 4.89. The first-order chi connectivity index (χ1) is 5.97. The van der Waals surface area contributed by atoms with Crippen LogP contribution in [0.3, 0.4) is 0 Å². The maximum Gasteiger partial charge on any atom is 0.404 e. The molecule has 0 aliphatic rings. The first-order valence-corrected chi connectivity index (χ1v) is 3.96. The molecule has 0 aliphatic heterocycles. The van der Waals surface area contributed by atoms with Crippen molar-refractivity contribution in [1.82, 2.24) is 10.6 Å². The number of hydrogen-bond acceptors (Lipinski definition) is 2. The fourth-order valence-electron chi connectivity index (χ4n) is 1.03. The van der Waals surface area contributed by atoms with Gasteiger partial charge >= 0.3 is 12.2 Å². The molecule has 6 heteroatoms. The number of carboxylic acid groups (broad SMARTS) is 2. The number of nitrogens with one attached hydrogen (secondary N) is 2. The van der Waals surface area contributed by atoms with E-state index in [0.717, 1.165) is 0 Å². The van der Waals surface area contributed by atoms with E-state index >= 15 is 0 Å². The Balaban J connectivity index is 4.06. The van der Waals surface area contributed by atoms with E-state index in [4.69, 9.17) is 10.2 Å². The number of carbonyl (C=O) groups is 2. The molecular formula is C7H14N2O4. The van der Waals surface area contributed by atoms with E-state index in [1.807, 2.05) is 0 Å². The summed E-state index contributed by atoms with van der Waals surface area (Å²) in [6, 6.07) is -0.827. The fourth-order valence-corrected chi connectivity index (χ4v) is 1.03. The summed E-state index contributed by atoms with van der Waals surface area (Å²) in [4.78, 5) is 20.5. The molecule has 0 saturated heterocycles. The van der Waals surface area contributed by atoms with E-state index in [9.17, 15) is 9.59 Å². The molecule has 76 valence electrons. The summed E-state index contributed by atoms with van der Waals surface area (Å²) in [7, 11) is 0. The Kier molecular flexibility index (Phi) is 4.64. The molecule has 0 aromatic rings. The van der Waals surface area contributed by atoms with Crippen molar-refractivity contribution in [2.45, 2.75) is 32.4 Å². The van der Waals surface area contributed by atoms with E-state index in [1.54, 1.807) is 13.8 Å². The van der Waals surface area contributed by atoms with Crippen molar-refractivity contribution in [2.75, 3.05) is 0 Å². The van der Waals surface area contributed by atoms with Crippen LogP contribution in [0.2, 0.25) is 0 Å². The van der Waals surface area contributed by atoms with Gasteiger partial charge in [-0.2, -0.15) is 0 Å². The van der Waals surface area contributed by atoms with Gasteiger partial charge in [0.25, 0.3) is 0 Å². The third-order valence-corrected chi connectivity index (χ3v) is 1.70. The predicted molar refractivity (Wildman–Crippen MR) is 45.9 cm³/mol. The average molecular weight is 190 g/mol. The molecule has 2 atom stereocenters. The van der Waals surface area contributed by atoms with Gasteiger partial charge in [-0.05, 0) is 13.3 Å². The lowest BCUT2D eigenvalue weighted by Crippen LogP contribution is -2.49. The predicted octanol–water partition coefficient (Wildman–Crippen LogP) is 0.689. The largest absolute Gasteiger partial charge is 0.465 e. The number of rotatable bonds is 4. The molecular weight excluding hydrogens is 176 g/mol. The zero-order valence-corrected chi connectivity index (χ0v) is 7.57. The minimum absolute atomic E-state index is 0.395. The summed E-state index contributed by atoms with van der Waals surface area (Å²) >= 11 is 0. The van der Waals surface area contributed by atoms with E-state index < -0.39 is 24.3 Å². The smallest absolute Gasteiger partial charge is 0.404 e. The maximum absolute atomic E-state index is 10.3. The number of amides is 2. The summed E-state index contributed by atoms with van der Waals surface area (Å²) in [5.41, 5.74) is 0. The van der Waals surface area contributed by atoms with Gasteiger partial charge in [-0.1, -0.05) is 6.92 Å². The summed E-state index contributed by atoms with van der Waals surface area (Å²) in [5, 5.41) is 21.2. The van der Waals surface area contributed by atoms with Crippen molar-refractivity contribution < 1.29 is 19.8 Å². The zero-order valence-electron chi connectivity index (χ0n) is 7.57. The van der Waals surface area contributed by atoms with Crippen molar-refractivity contribution >= 4 is 12.2 Å². The third-order valence-electron chi connectivity index (χ3n) is 1.70. The van der Waals surface area contributed by atoms with Gasteiger partial charge in [0.05, 0.1) is 6.04 Å². The lowest BCUT2D eigenvalue weighted by molar-refractivity contribution is 0.176. The van der Waals surface area contributed by atoms with Gasteiger partial charge in [0, 0.05) is 6.04 Å². The van der Waals surface area contributed by atoms with Crippen LogP contribution in [0.5, 0.6) is 0 Å². The molecule has 13 heavy (non-hydrogen) atoms. The Bertz CT molecular complexity index is 195. The van der Waals surface area contributed by atoms with Crippen molar-refractivity contribution in [3.8, 4) is 0 Å². The standard InChI is InChI=1S/C7H14N2O4/c1-3-5(9-7(12)13)4(2)8-6(10)11/h4-5,8-9H,3H2,1-2H3,(H,10,11)(H,12,13). The van der Waals surface area contributed by atoms with Crippen LogP contribution in [0.15, 0.2) is 0 Å². The van der Waals surface area contributed by atoms with Gasteiger partial charge in [0.2, 0.25) is 0 Å². The summed E-state index contributed by atoms with van der Waals surface area (Å²) in [6.07, 6.45) is -1.77. The van der Waals surface area contributed by atoms with Crippen molar-refractivity contribution in [1.29, 1.82) is 0 Å². The van der Waals surface area contributed by atoms with Crippen molar-refractivity contribution in [3.63, 3.8) is 0 Å². The number of hydrogen-bond donors (Lipinski definition) is 4. The highest BCUT2D eigenvalue weighted by Gasteiger charge is 2.18. The van der Waals surface area contributed by atoms with Crippen LogP contribution < -0.4 is 10.6 Å². The topological polar surface area (TPSA) is 98.7 Å². The molecule has 0 aliphatic carbocycles. The Labute approximate surface area is 75.9 Å². The average Bonchev–Trinajstić information content (AvgIpc) is 1.98. The second-order valence-electron chi connectivity index (χ2n) is 2.70. The molecule has 0 heterocycles. The minimum Gasteiger partial charge on any atom is -0.465 e. The van der Waals surface area contributed by atoms with E-state index in [2.05, 4.69) is 10.6 Å². The van der Waals surface area contributed by atoms with Gasteiger partial charge < -0.3 is 20.8 Å². The zero-order chi connectivity index (χ0) is 10.4. The second kappa shape index (κ2) is 5.23. The van der Waals surface area contributed by atoms with Crippen LogP contribution in [0.25, 0.3) is 0 Å². The summed E-state index contributed by atoms with van der Waals surface area (Å²) < 4.78 is 0. The molecule has 0 spiro atoms. The van der Waals surface area contributed by atoms with Gasteiger partial charge in [-0.25, -0.2) is 9.59 Å². The Morgan fingerprint density at radius 3 is 2.00 bits per heavy atom. The lowest BCUT2D eigenvalue weighted by Gasteiger charge is -2.22. The highest BCUT2D eigenvalue weighted by atomic mass is 16.4. The Morgan fingerprint density at radius 1 is 1.23 bits per heavy atom. The van der Waals surface area contributed by atoms with E-state index in [1.165, 1.54) is 0 Å². The van der Waals surface area contributed by atoms with Gasteiger partial charge in [0.1, 0.15) is 0 Å². The van der Waals surface area contributed by atoms with Crippen LogP contribution >= 0.6 is 0 Å². The molecule has 0 aromatic carbocycles. The summed E-state index contributed by atoms with van der Waals surface area (Å²) in [6.45, 7) is 3.39. The van der Waals surface area contributed by atoms with Crippen LogP contribution in [-0.2, 0) is 0 Å². The Morgan fingerprint density at radius 2 is 1.69 bits per heavy atom. The minimum atomic E-state index is -1.15. The van der Waals surface area contributed by atoms with Gasteiger partial charge in [0.15, 0.2) is 0 Å². The monoisotopic (exact) mass is 190 g/mol. The normalized spacial score (nSPS) is 14.3. The first-order valence-electron chi connectivity index (χ1n) is 3.96. The van der Waals surface area contributed by atoms with Crippen LogP contribution in [0.4, 0.5) is 9.59 Å².